The molecule has 0 radical (unpaired) electrons. The molecule has 4 heterocycles. The standard InChI is InChI=1S/C23H33N5OS/c1-18-22(30-17-26-18)16-27-13-8-20-21(15-27)28(14-19-6-10-24-11-7-19)12-5-3-2-4-9-25-23(20)29/h6-7,10-11,17,20-21H,2-5,8-9,12-16H2,1H3,(H,25,29)/t20-,21+/m0/s1. The van der Waals surface area contributed by atoms with Crippen LogP contribution in [-0.4, -0.2) is 57.9 Å². The minimum Gasteiger partial charge on any atom is -0.356 e. The van der Waals surface area contributed by atoms with E-state index in [0.29, 0.717) is 0 Å². The largest absolute Gasteiger partial charge is 0.356 e. The number of carbonyl (C=O) groups excluding carboxylic acids is 1. The van der Waals surface area contributed by atoms with Crippen molar-refractivity contribution < 1.29 is 4.79 Å². The average Bonchev–Trinajstić information content (AvgIpc) is 3.15. The molecule has 2 aliphatic heterocycles. The second-order valence-electron chi connectivity index (χ2n) is 8.59. The molecule has 0 bridgehead atoms. The minimum absolute atomic E-state index is 0.0590. The van der Waals surface area contributed by atoms with Crippen LogP contribution in [0.15, 0.2) is 30.0 Å². The van der Waals surface area contributed by atoms with Gasteiger partial charge in [-0.25, -0.2) is 4.98 Å². The second kappa shape index (κ2) is 10.5. The molecule has 30 heavy (non-hydrogen) atoms. The minimum atomic E-state index is 0.0590. The fourth-order valence-electron chi connectivity index (χ4n) is 4.72. The van der Waals surface area contributed by atoms with Crippen molar-refractivity contribution in [3.05, 3.63) is 46.2 Å². The maximum absolute atomic E-state index is 13.1. The highest BCUT2D eigenvalue weighted by atomic mass is 32.1. The van der Waals surface area contributed by atoms with Gasteiger partial charge in [-0.3, -0.25) is 19.6 Å². The molecule has 0 aliphatic carbocycles. The SMILES string of the molecule is Cc1ncsc1CN1CC[C@@H]2C(=O)NCCCCCCN(Cc3ccncc3)[C@@H]2C1. The number of piperidine rings is 1. The number of hydrogen-bond acceptors (Lipinski definition) is 6. The number of pyridine rings is 1. The summed E-state index contributed by atoms with van der Waals surface area (Å²) < 4.78 is 0. The van der Waals surface area contributed by atoms with Gasteiger partial charge in [0.05, 0.1) is 17.1 Å². The summed E-state index contributed by atoms with van der Waals surface area (Å²) in [4.78, 5) is 28.1. The van der Waals surface area contributed by atoms with Crippen molar-refractivity contribution in [2.75, 3.05) is 26.2 Å². The number of carbonyl (C=O) groups is 1. The van der Waals surface area contributed by atoms with E-state index in [-0.39, 0.29) is 17.9 Å². The predicted octanol–water partition coefficient (Wildman–Crippen LogP) is 3.23. The number of aryl methyl sites for hydroxylation is 1. The fraction of sp³-hybridized carbons (Fsp3) is 0.609. The van der Waals surface area contributed by atoms with E-state index in [4.69, 9.17) is 0 Å². The summed E-state index contributed by atoms with van der Waals surface area (Å²) in [5, 5.41) is 3.23. The van der Waals surface area contributed by atoms with Gasteiger partial charge in [0.15, 0.2) is 0 Å². The zero-order valence-electron chi connectivity index (χ0n) is 17.9. The molecule has 2 aromatic heterocycles. The number of thiazole rings is 1. The van der Waals surface area contributed by atoms with Crippen LogP contribution in [0.4, 0.5) is 0 Å². The molecule has 2 fully saturated rings. The van der Waals surface area contributed by atoms with E-state index < -0.39 is 0 Å². The Labute approximate surface area is 183 Å². The zero-order chi connectivity index (χ0) is 20.8. The molecule has 0 spiro atoms. The molecule has 2 atom stereocenters. The van der Waals surface area contributed by atoms with E-state index in [2.05, 4.69) is 44.1 Å². The normalized spacial score (nSPS) is 24.6. The van der Waals surface area contributed by atoms with Gasteiger partial charge in [0, 0.05) is 49.5 Å². The Balaban J connectivity index is 1.55. The Bertz CT molecular complexity index is 811. The van der Waals surface area contributed by atoms with E-state index in [1.54, 1.807) is 11.3 Å². The van der Waals surface area contributed by atoms with Gasteiger partial charge in [0.1, 0.15) is 0 Å². The smallest absolute Gasteiger partial charge is 0.224 e. The summed E-state index contributed by atoms with van der Waals surface area (Å²) >= 11 is 1.74. The van der Waals surface area contributed by atoms with Crippen LogP contribution in [-0.2, 0) is 17.9 Å². The van der Waals surface area contributed by atoms with Crippen LogP contribution >= 0.6 is 11.3 Å². The van der Waals surface area contributed by atoms with Gasteiger partial charge in [0.2, 0.25) is 5.91 Å². The van der Waals surface area contributed by atoms with Gasteiger partial charge < -0.3 is 5.32 Å². The van der Waals surface area contributed by atoms with Crippen LogP contribution < -0.4 is 5.32 Å². The van der Waals surface area contributed by atoms with Gasteiger partial charge >= 0.3 is 0 Å². The Morgan fingerprint density at radius 2 is 1.97 bits per heavy atom. The van der Waals surface area contributed by atoms with Crippen molar-refractivity contribution in [2.45, 2.75) is 58.2 Å². The second-order valence-corrected chi connectivity index (χ2v) is 9.53. The zero-order valence-corrected chi connectivity index (χ0v) is 18.7. The van der Waals surface area contributed by atoms with Crippen molar-refractivity contribution >= 4 is 17.2 Å². The van der Waals surface area contributed by atoms with Crippen molar-refractivity contribution in [1.82, 2.24) is 25.1 Å². The molecule has 2 saturated heterocycles. The van der Waals surface area contributed by atoms with Crippen LogP contribution in [0.2, 0.25) is 0 Å². The van der Waals surface area contributed by atoms with Crippen LogP contribution in [0.1, 0.15) is 48.2 Å². The molecule has 1 amide bonds. The number of amides is 1. The quantitative estimate of drug-likeness (QED) is 0.812. The first-order valence-electron chi connectivity index (χ1n) is 11.2. The highest BCUT2D eigenvalue weighted by molar-refractivity contribution is 7.09. The lowest BCUT2D eigenvalue weighted by atomic mass is 9.88. The van der Waals surface area contributed by atoms with Gasteiger partial charge in [-0.2, -0.15) is 0 Å². The first-order valence-corrected chi connectivity index (χ1v) is 12.1. The van der Waals surface area contributed by atoms with Crippen molar-refractivity contribution in [3.8, 4) is 0 Å². The third-order valence-electron chi connectivity index (χ3n) is 6.49. The first kappa shape index (κ1) is 21.4. The van der Waals surface area contributed by atoms with Crippen LogP contribution in [0.3, 0.4) is 0 Å². The number of aromatic nitrogens is 2. The van der Waals surface area contributed by atoms with Crippen LogP contribution in [0.5, 0.6) is 0 Å². The Morgan fingerprint density at radius 3 is 2.77 bits per heavy atom. The highest BCUT2D eigenvalue weighted by Crippen LogP contribution is 2.27. The van der Waals surface area contributed by atoms with Gasteiger partial charge in [-0.15, -0.1) is 11.3 Å². The lowest BCUT2D eigenvalue weighted by Gasteiger charge is -2.43. The number of fused-ring (bicyclic) bond motifs is 1. The summed E-state index contributed by atoms with van der Waals surface area (Å²) in [6.45, 7) is 7.67. The van der Waals surface area contributed by atoms with E-state index in [0.717, 1.165) is 57.8 Å². The third kappa shape index (κ3) is 5.45. The Hall–Kier alpha value is -1.83. The van der Waals surface area contributed by atoms with Crippen molar-refractivity contribution in [2.24, 2.45) is 5.92 Å². The lowest BCUT2D eigenvalue weighted by molar-refractivity contribution is -0.129. The lowest BCUT2D eigenvalue weighted by Crippen LogP contribution is -2.56. The molecular weight excluding hydrogens is 394 g/mol. The van der Waals surface area contributed by atoms with E-state index in [1.807, 2.05) is 17.9 Å². The molecule has 1 N–H and O–H groups in total. The molecule has 162 valence electrons. The van der Waals surface area contributed by atoms with Gasteiger partial charge in [0.25, 0.3) is 0 Å². The molecule has 0 saturated carbocycles. The number of nitrogens with zero attached hydrogens (tertiary/aromatic N) is 4. The predicted molar refractivity (Wildman–Crippen MR) is 120 cm³/mol. The van der Waals surface area contributed by atoms with Crippen molar-refractivity contribution in [1.29, 1.82) is 0 Å². The van der Waals surface area contributed by atoms with E-state index in [9.17, 15) is 4.79 Å². The number of likely N-dealkylation sites (tertiary alicyclic amines) is 1. The highest BCUT2D eigenvalue weighted by Gasteiger charge is 2.37. The topological polar surface area (TPSA) is 61.4 Å². The van der Waals surface area contributed by atoms with Gasteiger partial charge in [-0.05, 0) is 57.0 Å². The Morgan fingerprint density at radius 1 is 1.13 bits per heavy atom. The first-order chi connectivity index (χ1) is 14.7. The van der Waals surface area contributed by atoms with E-state index >= 15 is 0 Å². The van der Waals surface area contributed by atoms with Crippen molar-refractivity contribution in [3.63, 3.8) is 0 Å². The summed E-state index contributed by atoms with van der Waals surface area (Å²) in [7, 11) is 0. The summed E-state index contributed by atoms with van der Waals surface area (Å²) in [6, 6.07) is 4.43. The summed E-state index contributed by atoms with van der Waals surface area (Å²) in [5.74, 6) is 0.305. The maximum atomic E-state index is 13.1. The molecule has 0 aromatic carbocycles. The number of hydrogen-bond donors (Lipinski definition) is 1. The molecule has 6 nitrogen and oxygen atoms in total. The fourth-order valence-corrected chi connectivity index (χ4v) is 5.54. The molecule has 4 rings (SSSR count). The Kier molecular flexibility index (Phi) is 7.47. The van der Waals surface area contributed by atoms with Crippen LogP contribution in [0.25, 0.3) is 0 Å². The third-order valence-corrected chi connectivity index (χ3v) is 7.41. The van der Waals surface area contributed by atoms with E-state index in [1.165, 1.54) is 29.7 Å². The average molecular weight is 428 g/mol. The molecule has 2 aliphatic rings. The molecule has 2 aromatic rings. The number of nitrogens with one attached hydrogen (secondary N) is 1. The van der Waals surface area contributed by atoms with Crippen LogP contribution in [0, 0.1) is 12.8 Å². The monoisotopic (exact) mass is 427 g/mol. The van der Waals surface area contributed by atoms with Gasteiger partial charge in [-0.1, -0.05) is 12.8 Å². The summed E-state index contributed by atoms with van der Waals surface area (Å²) in [6.07, 6.45) is 9.35. The summed E-state index contributed by atoms with van der Waals surface area (Å²) in [5.41, 5.74) is 4.35. The number of rotatable bonds is 4. The maximum Gasteiger partial charge on any atom is 0.224 e. The molecule has 7 heteroatoms. The molecule has 0 unspecified atom stereocenters. The molecular formula is C23H33N5OS.